The van der Waals surface area contributed by atoms with Crippen molar-refractivity contribution in [2.24, 2.45) is 5.92 Å². The van der Waals surface area contributed by atoms with Crippen LogP contribution >= 0.6 is 0 Å². The number of hydrogen-bond acceptors (Lipinski definition) is 3. The van der Waals surface area contributed by atoms with E-state index in [1.165, 1.54) is 0 Å². The van der Waals surface area contributed by atoms with E-state index in [1.54, 1.807) is 0 Å². The van der Waals surface area contributed by atoms with E-state index in [0.29, 0.717) is 0 Å². The Morgan fingerprint density at radius 2 is 2.22 bits per heavy atom. The second kappa shape index (κ2) is 6.60. The van der Waals surface area contributed by atoms with Gasteiger partial charge >= 0.3 is 0 Å². The summed E-state index contributed by atoms with van der Waals surface area (Å²) in [7, 11) is 0. The maximum Gasteiger partial charge on any atom is 0.222 e. The third kappa shape index (κ3) is 3.49. The molecule has 5 nitrogen and oxygen atoms in total. The molecular weight excluding hydrogens is 290 g/mol. The maximum absolute atomic E-state index is 11.9. The number of rotatable bonds is 4. The second-order valence-corrected chi connectivity index (χ2v) is 6.79. The van der Waals surface area contributed by atoms with Gasteiger partial charge in [0.05, 0.1) is 11.7 Å². The molecule has 0 bridgehead atoms. The molecule has 3 rings (SSSR count). The summed E-state index contributed by atoms with van der Waals surface area (Å²) in [6.45, 7) is 5.92. The zero-order valence-electron chi connectivity index (χ0n) is 14.1. The first-order valence-electron chi connectivity index (χ1n) is 8.44. The van der Waals surface area contributed by atoms with Gasteiger partial charge in [-0.15, -0.1) is 0 Å². The molecule has 0 radical (unpaired) electrons. The van der Waals surface area contributed by atoms with Gasteiger partial charge in [0.25, 0.3) is 0 Å². The van der Waals surface area contributed by atoms with Crippen molar-refractivity contribution >= 4 is 16.8 Å². The molecule has 1 aromatic carbocycles. The molecule has 0 saturated heterocycles. The van der Waals surface area contributed by atoms with Gasteiger partial charge < -0.3 is 10.1 Å². The van der Waals surface area contributed by atoms with E-state index < -0.39 is 0 Å². The molecule has 124 valence electrons. The number of nitrogens with one attached hydrogen (secondary N) is 2. The summed E-state index contributed by atoms with van der Waals surface area (Å²) in [4.78, 5) is 11.9. The topological polar surface area (TPSA) is 67.0 Å². The van der Waals surface area contributed by atoms with Gasteiger partial charge in [0.1, 0.15) is 11.9 Å². The van der Waals surface area contributed by atoms with Gasteiger partial charge in [-0.25, -0.2) is 0 Å². The molecule has 1 saturated carbocycles. The number of carbonyl (C=O) groups excluding carboxylic acids is 1. The molecule has 0 spiro atoms. The van der Waals surface area contributed by atoms with Crippen molar-refractivity contribution in [3.05, 3.63) is 23.9 Å². The predicted molar refractivity (Wildman–Crippen MR) is 90.5 cm³/mol. The van der Waals surface area contributed by atoms with Crippen molar-refractivity contribution in [1.82, 2.24) is 15.5 Å². The zero-order valence-corrected chi connectivity index (χ0v) is 14.1. The van der Waals surface area contributed by atoms with Crippen LogP contribution in [-0.2, 0) is 4.79 Å². The van der Waals surface area contributed by atoms with Crippen molar-refractivity contribution in [3.63, 3.8) is 0 Å². The lowest BCUT2D eigenvalue weighted by atomic mass is 9.92. The molecule has 5 heteroatoms. The van der Waals surface area contributed by atoms with Gasteiger partial charge in [-0.2, -0.15) is 5.10 Å². The Balaban J connectivity index is 1.67. The summed E-state index contributed by atoms with van der Waals surface area (Å²) in [5.41, 5.74) is 2.14. The average Bonchev–Trinajstić information content (AvgIpc) is 3.00. The first-order valence-corrected chi connectivity index (χ1v) is 8.44. The molecule has 23 heavy (non-hydrogen) atoms. The number of aromatic amines is 1. The number of H-pyrrole nitrogens is 1. The zero-order chi connectivity index (χ0) is 16.4. The predicted octanol–water partition coefficient (Wildman–Crippen LogP) is 3.33. The number of hydrogen-bond donors (Lipinski definition) is 2. The van der Waals surface area contributed by atoms with Crippen molar-refractivity contribution < 1.29 is 9.53 Å². The van der Waals surface area contributed by atoms with Gasteiger partial charge in [0.15, 0.2) is 0 Å². The van der Waals surface area contributed by atoms with Crippen LogP contribution in [0, 0.1) is 12.8 Å². The average molecular weight is 315 g/mol. The van der Waals surface area contributed by atoms with Crippen LogP contribution in [0.2, 0.25) is 0 Å². The highest BCUT2D eigenvalue weighted by molar-refractivity contribution is 5.83. The summed E-state index contributed by atoms with van der Waals surface area (Å²) >= 11 is 0. The Kier molecular flexibility index (Phi) is 4.55. The molecule has 1 amide bonds. The largest absolute Gasteiger partial charge is 0.490 e. The summed E-state index contributed by atoms with van der Waals surface area (Å²) in [5, 5.41) is 11.3. The minimum atomic E-state index is 0.0297. The van der Waals surface area contributed by atoms with Gasteiger partial charge in [0, 0.05) is 29.3 Å². The van der Waals surface area contributed by atoms with Crippen LogP contribution in [0.25, 0.3) is 10.9 Å². The Morgan fingerprint density at radius 1 is 1.39 bits per heavy atom. The molecule has 1 fully saturated rings. The minimum absolute atomic E-state index is 0.0297. The summed E-state index contributed by atoms with van der Waals surface area (Å²) < 4.78 is 6.24. The standard InChI is InChI=1S/C18H25N3O2/c1-11(2)18(22)20-13-5-4-6-14(9-13)23-17-8-7-16-15(12(17)3)10-19-21-16/h7-8,10-11,13-14H,4-6,9H2,1-3H3,(H,19,21)(H,20,22). The highest BCUT2D eigenvalue weighted by Crippen LogP contribution is 2.30. The first-order chi connectivity index (χ1) is 11.0. The fraction of sp³-hybridized carbons (Fsp3) is 0.556. The van der Waals surface area contributed by atoms with Crippen molar-refractivity contribution in [2.75, 3.05) is 0 Å². The number of ether oxygens (including phenoxy) is 1. The van der Waals surface area contributed by atoms with E-state index in [0.717, 1.165) is 47.9 Å². The fourth-order valence-electron chi connectivity index (χ4n) is 3.20. The molecule has 2 atom stereocenters. The quantitative estimate of drug-likeness (QED) is 0.909. The van der Waals surface area contributed by atoms with Crippen LogP contribution in [0.4, 0.5) is 0 Å². The molecule has 1 aliphatic carbocycles. The van der Waals surface area contributed by atoms with Crippen LogP contribution in [-0.4, -0.2) is 28.3 Å². The first kappa shape index (κ1) is 15.8. The monoisotopic (exact) mass is 315 g/mol. The Labute approximate surface area is 136 Å². The fourth-order valence-corrected chi connectivity index (χ4v) is 3.20. The smallest absolute Gasteiger partial charge is 0.222 e. The lowest BCUT2D eigenvalue weighted by Gasteiger charge is -2.31. The summed E-state index contributed by atoms with van der Waals surface area (Å²) in [6, 6.07) is 4.24. The van der Waals surface area contributed by atoms with Gasteiger partial charge in [-0.05, 0) is 38.3 Å². The van der Waals surface area contributed by atoms with Crippen LogP contribution in [0.15, 0.2) is 18.3 Å². The van der Waals surface area contributed by atoms with Gasteiger partial charge in [0.2, 0.25) is 5.91 Å². The number of nitrogens with zero attached hydrogens (tertiary/aromatic N) is 1. The van der Waals surface area contributed by atoms with E-state index >= 15 is 0 Å². The Morgan fingerprint density at radius 3 is 3.00 bits per heavy atom. The molecule has 1 aliphatic rings. The van der Waals surface area contributed by atoms with E-state index in [9.17, 15) is 4.79 Å². The van der Waals surface area contributed by atoms with Gasteiger partial charge in [-0.1, -0.05) is 13.8 Å². The van der Waals surface area contributed by atoms with Gasteiger partial charge in [-0.3, -0.25) is 9.89 Å². The van der Waals surface area contributed by atoms with Crippen LogP contribution in [0.3, 0.4) is 0 Å². The second-order valence-electron chi connectivity index (χ2n) is 6.79. The molecule has 2 N–H and O–H groups in total. The number of benzene rings is 1. The number of aromatic nitrogens is 2. The maximum atomic E-state index is 11.9. The number of aryl methyl sites for hydroxylation is 1. The normalized spacial score (nSPS) is 21.6. The van der Waals surface area contributed by atoms with E-state index in [1.807, 2.05) is 32.2 Å². The lowest BCUT2D eigenvalue weighted by Crippen LogP contribution is -2.42. The van der Waals surface area contributed by atoms with E-state index in [2.05, 4.69) is 22.4 Å². The Hall–Kier alpha value is -2.04. The van der Waals surface area contributed by atoms with E-state index in [4.69, 9.17) is 4.74 Å². The molecule has 1 heterocycles. The third-order valence-electron chi connectivity index (χ3n) is 4.63. The SMILES string of the molecule is Cc1c(OC2CCCC(NC(=O)C(C)C)C2)ccc2[nH]ncc12. The molecule has 0 aliphatic heterocycles. The lowest BCUT2D eigenvalue weighted by molar-refractivity contribution is -0.125. The summed E-state index contributed by atoms with van der Waals surface area (Å²) in [5.74, 6) is 1.08. The minimum Gasteiger partial charge on any atom is -0.490 e. The van der Waals surface area contributed by atoms with E-state index in [-0.39, 0.29) is 24.0 Å². The highest BCUT2D eigenvalue weighted by atomic mass is 16.5. The van der Waals surface area contributed by atoms with Crippen molar-refractivity contribution in [2.45, 2.75) is 58.6 Å². The van der Waals surface area contributed by atoms with Crippen LogP contribution in [0.5, 0.6) is 5.75 Å². The Bertz CT molecular complexity index is 693. The number of amides is 1. The van der Waals surface area contributed by atoms with Crippen LogP contribution < -0.4 is 10.1 Å². The molecule has 2 unspecified atom stereocenters. The molecule has 2 aromatic rings. The third-order valence-corrected chi connectivity index (χ3v) is 4.63. The number of carbonyl (C=O) groups is 1. The molecular formula is C18H25N3O2. The van der Waals surface area contributed by atoms with Crippen LogP contribution in [0.1, 0.15) is 45.1 Å². The number of fused-ring (bicyclic) bond motifs is 1. The van der Waals surface area contributed by atoms with Crippen molar-refractivity contribution in [1.29, 1.82) is 0 Å². The molecule has 1 aromatic heterocycles. The summed E-state index contributed by atoms with van der Waals surface area (Å²) in [6.07, 6.45) is 6.03. The highest BCUT2D eigenvalue weighted by Gasteiger charge is 2.25. The van der Waals surface area contributed by atoms with Crippen molar-refractivity contribution in [3.8, 4) is 5.75 Å².